The Balaban J connectivity index is 2.41. The number of benzene rings is 2. The van der Waals surface area contributed by atoms with Gasteiger partial charge in [-0.25, -0.2) is 0 Å². The minimum atomic E-state index is -1.33. The van der Waals surface area contributed by atoms with E-state index in [0.29, 0.717) is 0 Å². The van der Waals surface area contributed by atoms with Crippen LogP contribution < -0.4 is 5.19 Å². The van der Waals surface area contributed by atoms with Crippen LogP contribution in [0.25, 0.3) is 10.8 Å². The van der Waals surface area contributed by atoms with Gasteiger partial charge in [0.2, 0.25) is 0 Å². The van der Waals surface area contributed by atoms with Gasteiger partial charge in [-0.15, -0.1) is 0 Å². The van der Waals surface area contributed by atoms with E-state index in [9.17, 15) is 0 Å². The number of rotatable bonds is 8. The maximum absolute atomic E-state index is 5.16. The summed E-state index contributed by atoms with van der Waals surface area (Å²) in [5.74, 6) is 0. The Labute approximate surface area is 136 Å². The van der Waals surface area contributed by atoms with Crippen LogP contribution in [0.4, 0.5) is 0 Å². The van der Waals surface area contributed by atoms with E-state index < -0.39 is 8.07 Å². The lowest BCUT2D eigenvalue weighted by Crippen LogP contribution is -2.46. The van der Waals surface area contributed by atoms with E-state index in [1.54, 1.807) is 12.3 Å². The van der Waals surface area contributed by atoms with Crippen LogP contribution in [0.2, 0.25) is 18.1 Å². The first-order chi connectivity index (χ1) is 10.7. The van der Waals surface area contributed by atoms with Crippen molar-refractivity contribution in [2.45, 2.75) is 51.7 Å². The van der Waals surface area contributed by atoms with Gasteiger partial charge in [0.1, 0.15) is 0 Å². The monoisotopic (exact) mass is 314 g/mol. The topological polar surface area (TPSA) is 9.23 Å². The fraction of sp³-hybridized carbons (Fsp3) is 0.500. The lowest BCUT2D eigenvalue weighted by molar-refractivity contribution is 0.195. The van der Waals surface area contributed by atoms with Gasteiger partial charge in [0.25, 0.3) is 0 Å². The van der Waals surface area contributed by atoms with Gasteiger partial charge >= 0.3 is 0 Å². The molecule has 0 aliphatic carbocycles. The van der Waals surface area contributed by atoms with Gasteiger partial charge in [-0.1, -0.05) is 80.5 Å². The molecule has 2 aromatic rings. The lowest BCUT2D eigenvalue weighted by atomic mass is 10.0. The summed E-state index contributed by atoms with van der Waals surface area (Å²) in [6, 6.07) is 18.0. The van der Waals surface area contributed by atoms with Crippen molar-refractivity contribution in [2.75, 3.05) is 13.7 Å². The van der Waals surface area contributed by atoms with Gasteiger partial charge in [0, 0.05) is 13.7 Å². The van der Waals surface area contributed by atoms with Crippen LogP contribution in [-0.2, 0) is 11.2 Å². The molecule has 0 atom stereocenters. The van der Waals surface area contributed by atoms with E-state index in [1.165, 1.54) is 34.5 Å². The smallest absolute Gasteiger partial charge is 0.0867 e. The summed E-state index contributed by atoms with van der Waals surface area (Å²) in [4.78, 5) is 0. The molecule has 0 fully saturated rings. The van der Waals surface area contributed by atoms with Crippen LogP contribution >= 0.6 is 0 Å². The first-order valence-corrected chi connectivity index (χ1v) is 11.3. The molecule has 0 N–H and O–H groups in total. The highest BCUT2D eigenvalue weighted by molar-refractivity contribution is 6.93. The van der Waals surface area contributed by atoms with E-state index in [2.05, 4.69) is 57.2 Å². The maximum Gasteiger partial charge on any atom is 0.0867 e. The van der Waals surface area contributed by atoms with Crippen molar-refractivity contribution in [1.82, 2.24) is 0 Å². The molecule has 0 radical (unpaired) electrons. The average molecular weight is 315 g/mol. The standard InChI is InChI=1S/C20H30OSi/c1-5-22(6-2,7-3)20-12-8-11-18-16-17(10-9-15-21-4)13-14-19(18)20/h8,11-14,16H,5-7,9-10,15H2,1-4H3. The second-order valence-electron chi connectivity index (χ2n) is 6.30. The van der Waals surface area contributed by atoms with Crippen molar-refractivity contribution in [3.05, 3.63) is 42.0 Å². The first-order valence-electron chi connectivity index (χ1n) is 8.71. The fourth-order valence-corrected chi connectivity index (χ4v) is 7.58. The summed E-state index contributed by atoms with van der Waals surface area (Å²) in [5.41, 5.74) is 1.43. The Morgan fingerprint density at radius 2 is 1.68 bits per heavy atom. The van der Waals surface area contributed by atoms with Crippen molar-refractivity contribution in [3.63, 3.8) is 0 Å². The summed E-state index contributed by atoms with van der Waals surface area (Å²) < 4.78 is 5.16. The van der Waals surface area contributed by atoms with Gasteiger partial charge in [0.15, 0.2) is 0 Å². The molecule has 0 amide bonds. The minimum absolute atomic E-state index is 0.843. The van der Waals surface area contributed by atoms with Crippen LogP contribution in [0.15, 0.2) is 36.4 Å². The Kier molecular flexibility index (Phi) is 6.22. The van der Waals surface area contributed by atoms with Gasteiger partial charge in [-0.2, -0.15) is 0 Å². The Hall–Kier alpha value is -1.12. The highest BCUT2D eigenvalue weighted by Gasteiger charge is 2.30. The zero-order valence-corrected chi connectivity index (χ0v) is 15.6. The molecule has 1 nitrogen and oxygen atoms in total. The molecular formula is C20H30OSi. The van der Waals surface area contributed by atoms with E-state index in [1.807, 2.05) is 0 Å². The predicted octanol–water partition coefficient (Wildman–Crippen LogP) is 5.13. The molecule has 0 spiro atoms. The van der Waals surface area contributed by atoms with Gasteiger partial charge in [-0.3, -0.25) is 0 Å². The van der Waals surface area contributed by atoms with Crippen molar-refractivity contribution >= 4 is 24.0 Å². The second kappa shape index (κ2) is 7.93. The molecule has 0 aliphatic rings. The Morgan fingerprint density at radius 1 is 0.955 bits per heavy atom. The summed E-state index contributed by atoms with van der Waals surface area (Å²) in [7, 11) is 0.448. The van der Waals surface area contributed by atoms with Crippen LogP contribution in [0.1, 0.15) is 32.8 Å². The third-order valence-electron chi connectivity index (χ3n) is 5.36. The molecule has 0 saturated heterocycles. The van der Waals surface area contributed by atoms with Gasteiger partial charge in [0.05, 0.1) is 8.07 Å². The average Bonchev–Trinajstić information content (AvgIpc) is 2.57. The molecule has 120 valence electrons. The highest BCUT2D eigenvalue weighted by Crippen LogP contribution is 2.25. The molecule has 0 unspecified atom stereocenters. The van der Waals surface area contributed by atoms with Crippen molar-refractivity contribution < 1.29 is 4.74 Å². The van der Waals surface area contributed by atoms with E-state index in [-0.39, 0.29) is 0 Å². The van der Waals surface area contributed by atoms with E-state index in [0.717, 1.165) is 19.4 Å². The van der Waals surface area contributed by atoms with Crippen molar-refractivity contribution in [1.29, 1.82) is 0 Å². The number of fused-ring (bicyclic) bond motifs is 1. The molecule has 2 heteroatoms. The number of ether oxygens (including phenoxy) is 1. The third kappa shape index (κ3) is 3.44. The molecule has 2 rings (SSSR count). The molecule has 2 aromatic carbocycles. The Morgan fingerprint density at radius 3 is 2.32 bits per heavy atom. The second-order valence-corrected chi connectivity index (χ2v) is 11.5. The van der Waals surface area contributed by atoms with Crippen molar-refractivity contribution in [2.24, 2.45) is 0 Å². The first kappa shape index (κ1) is 17.2. The number of methoxy groups -OCH3 is 1. The fourth-order valence-electron chi connectivity index (χ4n) is 3.69. The minimum Gasteiger partial charge on any atom is -0.385 e. The summed E-state index contributed by atoms with van der Waals surface area (Å²) in [5, 5.41) is 4.58. The van der Waals surface area contributed by atoms with Gasteiger partial charge < -0.3 is 4.74 Å². The third-order valence-corrected chi connectivity index (χ3v) is 11.0. The lowest BCUT2D eigenvalue weighted by Gasteiger charge is -2.30. The summed E-state index contributed by atoms with van der Waals surface area (Å²) in [6.45, 7) is 8.00. The van der Waals surface area contributed by atoms with E-state index in [4.69, 9.17) is 4.74 Å². The summed E-state index contributed by atoms with van der Waals surface area (Å²) in [6.07, 6.45) is 2.20. The molecule has 22 heavy (non-hydrogen) atoms. The predicted molar refractivity (Wildman–Crippen MR) is 101 cm³/mol. The van der Waals surface area contributed by atoms with Crippen LogP contribution in [0, 0.1) is 0 Å². The molecule has 0 aliphatic heterocycles. The van der Waals surface area contributed by atoms with Crippen LogP contribution in [-0.4, -0.2) is 21.8 Å². The molecule has 0 heterocycles. The van der Waals surface area contributed by atoms with Crippen LogP contribution in [0.3, 0.4) is 0 Å². The maximum atomic E-state index is 5.16. The van der Waals surface area contributed by atoms with Crippen LogP contribution in [0.5, 0.6) is 0 Å². The molecule has 0 saturated carbocycles. The zero-order valence-electron chi connectivity index (χ0n) is 14.6. The van der Waals surface area contributed by atoms with Crippen molar-refractivity contribution in [3.8, 4) is 0 Å². The number of hydrogen-bond donors (Lipinski definition) is 0. The quantitative estimate of drug-likeness (QED) is 0.484. The number of aryl methyl sites for hydroxylation is 1. The zero-order chi connectivity index (χ0) is 16.0. The molecule has 0 aromatic heterocycles. The van der Waals surface area contributed by atoms with Gasteiger partial charge in [-0.05, 0) is 29.2 Å². The largest absolute Gasteiger partial charge is 0.385 e. The van der Waals surface area contributed by atoms with E-state index >= 15 is 0 Å². The normalized spacial score (nSPS) is 12.0. The molecule has 0 bridgehead atoms. The molecular weight excluding hydrogens is 284 g/mol. The SMILES string of the molecule is CC[Si](CC)(CC)c1cccc2cc(CCCOC)ccc12. The Bertz CT molecular complexity index is 593. The highest BCUT2D eigenvalue weighted by atomic mass is 28.3. The number of hydrogen-bond acceptors (Lipinski definition) is 1. The summed E-state index contributed by atoms with van der Waals surface area (Å²) >= 11 is 0.